The van der Waals surface area contributed by atoms with Crippen molar-refractivity contribution in [3.63, 3.8) is 0 Å². The van der Waals surface area contributed by atoms with Crippen LogP contribution < -0.4 is 4.90 Å². The van der Waals surface area contributed by atoms with E-state index in [4.69, 9.17) is 4.98 Å². The van der Waals surface area contributed by atoms with Crippen molar-refractivity contribution in [3.05, 3.63) is 88.0 Å². The Bertz CT molecular complexity index is 1440. The van der Waals surface area contributed by atoms with E-state index in [1.165, 1.54) is 30.4 Å². The minimum atomic E-state index is -0.467. The van der Waals surface area contributed by atoms with Crippen LogP contribution in [0, 0.1) is 18.6 Å². The average molecular weight is 573 g/mol. The minimum absolute atomic E-state index is 0.0834. The van der Waals surface area contributed by atoms with Gasteiger partial charge in [0.05, 0.1) is 5.69 Å². The molecule has 0 unspecified atom stereocenters. The molecular formula is C36H46F2N4. The number of anilines is 1. The summed E-state index contributed by atoms with van der Waals surface area (Å²) in [7, 11) is 0. The Labute approximate surface area is 250 Å². The predicted octanol–water partition coefficient (Wildman–Crippen LogP) is 9.04. The predicted molar refractivity (Wildman–Crippen MR) is 169 cm³/mol. The summed E-state index contributed by atoms with van der Waals surface area (Å²) in [6.07, 6.45) is 16.1. The van der Waals surface area contributed by atoms with Crippen LogP contribution >= 0.6 is 0 Å². The van der Waals surface area contributed by atoms with Crippen molar-refractivity contribution in [2.45, 2.75) is 104 Å². The van der Waals surface area contributed by atoms with Crippen molar-refractivity contribution in [3.8, 4) is 11.3 Å². The zero-order valence-corrected chi connectivity index (χ0v) is 26.1. The Morgan fingerprint density at radius 1 is 0.952 bits per heavy atom. The van der Waals surface area contributed by atoms with Crippen LogP contribution in [0.25, 0.3) is 11.3 Å². The topological polar surface area (TPSA) is 32.3 Å². The zero-order valence-electron chi connectivity index (χ0n) is 26.1. The SMILES string of the molecule is CC/C=C1/N(c2c(F)c(C)cc(CC)c2F)Cc2cnc(-c3cncc(CN(CCC)CCCCC)c3)cc2C12CC2. The molecule has 0 bridgehead atoms. The van der Waals surface area contributed by atoms with Gasteiger partial charge in [-0.2, -0.15) is 0 Å². The normalized spacial score (nSPS) is 16.5. The van der Waals surface area contributed by atoms with Gasteiger partial charge in [-0.05, 0) is 98.5 Å². The summed E-state index contributed by atoms with van der Waals surface area (Å²) in [5.74, 6) is -0.911. The van der Waals surface area contributed by atoms with Crippen LogP contribution in [-0.2, 0) is 24.9 Å². The highest BCUT2D eigenvalue weighted by Crippen LogP contribution is 2.59. The molecule has 1 fully saturated rings. The van der Waals surface area contributed by atoms with Crippen molar-refractivity contribution in [2.75, 3.05) is 18.0 Å². The molecule has 2 aliphatic rings. The van der Waals surface area contributed by atoms with Gasteiger partial charge >= 0.3 is 0 Å². The molecule has 1 spiro atoms. The monoisotopic (exact) mass is 572 g/mol. The van der Waals surface area contributed by atoms with E-state index < -0.39 is 11.6 Å². The van der Waals surface area contributed by atoms with Crippen molar-refractivity contribution >= 4 is 5.69 Å². The quantitative estimate of drug-likeness (QED) is 0.203. The zero-order chi connectivity index (χ0) is 29.9. The second-order valence-corrected chi connectivity index (χ2v) is 12.1. The minimum Gasteiger partial charge on any atom is -0.335 e. The Morgan fingerprint density at radius 3 is 2.45 bits per heavy atom. The number of aromatic nitrogens is 2. The van der Waals surface area contributed by atoms with Crippen molar-refractivity contribution < 1.29 is 8.78 Å². The van der Waals surface area contributed by atoms with Crippen LogP contribution in [0.3, 0.4) is 0 Å². The fourth-order valence-corrected chi connectivity index (χ4v) is 6.68. The molecule has 0 atom stereocenters. The van der Waals surface area contributed by atoms with Crippen molar-refractivity contribution in [2.24, 2.45) is 0 Å². The molecule has 1 aliphatic carbocycles. The molecule has 6 heteroatoms. The van der Waals surface area contributed by atoms with Gasteiger partial charge in [0.25, 0.3) is 0 Å². The largest absolute Gasteiger partial charge is 0.335 e. The second-order valence-electron chi connectivity index (χ2n) is 12.1. The maximum Gasteiger partial charge on any atom is 0.153 e. The number of hydrogen-bond donors (Lipinski definition) is 0. The summed E-state index contributed by atoms with van der Waals surface area (Å²) >= 11 is 0. The average Bonchev–Trinajstić information content (AvgIpc) is 3.78. The van der Waals surface area contributed by atoms with Crippen LogP contribution in [0.1, 0.15) is 100 Å². The fraction of sp³-hybridized carbons (Fsp3) is 0.500. The first-order valence-electron chi connectivity index (χ1n) is 16.0. The third-order valence-electron chi connectivity index (χ3n) is 8.96. The van der Waals surface area contributed by atoms with Crippen LogP contribution in [-0.4, -0.2) is 28.0 Å². The van der Waals surface area contributed by atoms with E-state index >= 15 is 8.78 Å². The maximum atomic E-state index is 15.8. The summed E-state index contributed by atoms with van der Waals surface area (Å²) in [5, 5.41) is 0. The van der Waals surface area contributed by atoms with Crippen molar-refractivity contribution in [1.82, 2.24) is 14.9 Å². The van der Waals surface area contributed by atoms with E-state index in [0.29, 0.717) is 24.1 Å². The van der Waals surface area contributed by atoms with Crippen molar-refractivity contribution in [1.29, 1.82) is 0 Å². The number of rotatable bonds is 12. The number of allylic oxidation sites excluding steroid dienone is 2. The number of fused-ring (bicyclic) bond motifs is 2. The first kappa shape index (κ1) is 30.3. The van der Waals surface area contributed by atoms with Gasteiger partial charge in [-0.3, -0.25) is 14.9 Å². The van der Waals surface area contributed by atoms with Gasteiger partial charge in [0.2, 0.25) is 0 Å². The van der Waals surface area contributed by atoms with Gasteiger partial charge in [-0.25, -0.2) is 8.78 Å². The molecule has 0 amide bonds. The summed E-state index contributed by atoms with van der Waals surface area (Å²) in [6, 6.07) is 6.09. The molecule has 2 aromatic heterocycles. The number of benzene rings is 1. The molecule has 0 N–H and O–H groups in total. The lowest BCUT2D eigenvalue weighted by atomic mass is 9.83. The van der Waals surface area contributed by atoms with Gasteiger partial charge < -0.3 is 4.90 Å². The molecule has 5 rings (SSSR count). The lowest BCUT2D eigenvalue weighted by Crippen LogP contribution is -2.37. The standard InChI is InChI=1S/C36H46F2N4/c1-6-10-11-16-41(15-8-3)23-26-18-28(21-39-20-26)31-19-30-29(22-40-31)24-42(32(12-7-2)36(30)13-14-36)35-33(37)25(5)17-27(9-4)34(35)38/h12,17-22H,6-11,13-16,23-24H2,1-5H3/b32-12+. The number of aryl methyl sites for hydroxylation is 2. The highest BCUT2D eigenvalue weighted by molar-refractivity contribution is 5.69. The van der Waals surface area contributed by atoms with Crippen LogP contribution in [0.2, 0.25) is 0 Å². The van der Waals surface area contributed by atoms with E-state index in [-0.39, 0.29) is 11.1 Å². The molecule has 42 heavy (non-hydrogen) atoms. The van der Waals surface area contributed by atoms with Gasteiger partial charge in [0.15, 0.2) is 11.6 Å². The fourth-order valence-electron chi connectivity index (χ4n) is 6.68. The Balaban J connectivity index is 1.50. The molecule has 3 heterocycles. The highest BCUT2D eigenvalue weighted by atomic mass is 19.1. The van der Waals surface area contributed by atoms with Crippen LogP contribution in [0.15, 0.2) is 48.6 Å². The summed E-state index contributed by atoms with van der Waals surface area (Å²) in [6.45, 7) is 13.7. The molecule has 4 nitrogen and oxygen atoms in total. The van der Waals surface area contributed by atoms with Gasteiger partial charge in [-0.1, -0.05) is 52.7 Å². The molecule has 224 valence electrons. The summed E-state index contributed by atoms with van der Waals surface area (Å²) in [4.78, 5) is 13.9. The third kappa shape index (κ3) is 5.88. The molecule has 1 aliphatic heterocycles. The first-order chi connectivity index (χ1) is 20.4. The highest BCUT2D eigenvalue weighted by Gasteiger charge is 2.54. The Kier molecular flexibility index (Phi) is 9.41. The molecular weight excluding hydrogens is 526 g/mol. The van der Waals surface area contributed by atoms with Crippen LogP contribution in [0.5, 0.6) is 0 Å². The first-order valence-corrected chi connectivity index (χ1v) is 16.0. The van der Waals surface area contributed by atoms with E-state index in [9.17, 15) is 0 Å². The molecule has 0 saturated heterocycles. The number of pyridine rings is 2. The van der Waals surface area contributed by atoms with E-state index in [0.717, 1.165) is 67.8 Å². The Morgan fingerprint density at radius 2 is 1.76 bits per heavy atom. The van der Waals surface area contributed by atoms with Gasteiger partial charge in [0.1, 0.15) is 5.69 Å². The molecule has 1 aromatic carbocycles. The number of hydrogen-bond acceptors (Lipinski definition) is 4. The molecule has 0 radical (unpaired) electrons. The van der Waals surface area contributed by atoms with E-state index in [2.05, 4.69) is 48.9 Å². The van der Waals surface area contributed by atoms with Gasteiger partial charge in [0, 0.05) is 48.4 Å². The smallest absolute Gasteiger partial charge is 0.153 e. The maximum absolute atomic E-state index is 15.8. The van der Waals surface area contributed by atoms with E-state index in [1.807, 2.05) is 30.4 Å². The number of halogens is 2. The molecule has 1 saturated carbocycles. The summed E-state index contributed by atoms with van der Waals surface area (Å²) in [5.41, 5.74) is 7.32. The number of nitrogens with zero attached hydrogens (tertiary/aromatic N) is 4. The molecule has 3 aromatic rings. The number of unbranched alkanes of at least 4 members (excludes halogenated alkanes) is 2. The lowest BCUT2D eigenvalue weighted by molar-refractivity contribution is 0.260. The second kappa shape index (κ2) is 13.0. The Hall–Kier alpha value is -3.12. The lowest BCUT2D eigenvalue weighted by Gasteiger charge is -2.40. The van der Waals surface area contributed by atoms with Crippen LogP contribution in [0.4, 0.5) is 14.5 Å². The van der Waals surface area contributed by atoms with Gasteiger partial charge in [-0.15, -0.1) is 0 Å². The third-order valence-corrected chi connectivity index (χ3v) is 8.96. The van der Waals surface area contributed by atoms with E-state index in [1.54, 1.807) is 13.0 Å². The summed E-state index contributed by atoms with van der Waals surface area (Å²) < 4.78 is 31.4.